The van der Waals surface area contributed by atoms with Crippen molar-refractivity contribution in [3.8, 4) is 6.07 Å². The van der Waals surface area contributed by atoms with E-state index in [0.717, 1.165) is 0 Å². The zero-order valence-electron chi connectivity index (χ0n) is 9.87. The van der Waals surface area contributed by atoms with Gasteiger partial charge in [-0.2, -0.15) is 5.26 Å². The molecule has 0 amide bonds. The fraction of sp³-hybridized carbons (Fsp3) is 0.700. The molecule has 2 heterocycles. The van der Waals surface area contributed by atoms with Crippen LogP contribution in [0.25, 0.3) is 0 Å². The van der Waals surface area contributed by atoms with E-state index in [1.54, 1.807) is 0 Å². The molecule has 0 aliphatic carbocycles. The molecule has 1 fully saturated rings. The molecule has 0 radical (unpaired) electrons. The molecule has 0 unspecified atom stereocenters. The number of thioether (sulfide) groups is 1. The number of sulfone groups is 1. The van der Waals surface area contributed by atoms with Crippen LogP contribution in [0.4, 0.5) is 0 Å². The summed E-state index contributed by atoms with van der Waals surface area (Å²) >= 11 is 1.32. The minimum Gasteiger partial charge on any atom is -0.416 e. The van der Waals surface area contributed by atoms with Gasteiger partial charge in [0.05, 0.1) is 29.4 Å². The Bertz CT molecular complexity index is 561. The van der Waals surface area contributed by atoms with E-state index in [2.05, 4.69) is 16.3 Å². The van der Waals surface area contributed by atoms with Crippen molar-refractivity contribution in [1.82, 2.24) is 10.2 Å². The van der Waals surface area contributed by atoms with Gasteiger partial charge < -0.3 is 4.42 Å². The van der Waals surface area contributed by atoms with E-state index in [-0.39, 0.29) is 23.3 Å². The third kappa shape index (κ3) is 3.23. The van der Waals surface area contributed by atoms with Gasteiger partial charge in [-0.1, -0.05) is 11.8 Å². The third-order valence-electron chi connectivity index (χ3n) is 2.68. The summed E-state index contributed by atoms with van der Waals surface area (Å²) in [5.41, 5.74) is 0. The Kier molecular flexibility index (Phi) is 3.92. The van der Waals surface area contributed by atoms with Crippen LogP contribution in [0.2, 0.25) is 0 Å². The first kappa shape index (κ1) is 13.4. The first-order valence-electron chi connectivity index (χ1n) is 5.56. The first-order chi connectivity index (χ1) is 8.50. The van der Waals surface area contributed by atoms with E-state index < -0.39 is 9.84 Å². The predicted molar refractivity (Wildman–Crippen MR) is 65.8 cm³/mol. The summed E-state index contributed by atoms with van der Waals surface area (Å²) in [7, 11) is -2.94. The fourth-order valence-electron chi connectivity index (χ4n) is 1.67. The molecule has 2 atom stereocenters. The highest BCUT2D eigenvalue weighted by Gasteiger charge is 2.32. The highest BCUT2D eigenvalue weighted by Crippen LogP contribution is 2.29. The number of hydrogen-bond donors (Lipinski definition) is 0. The molecule has 98 valence electrons. The molecule has 0 aromatic carbocycles. The highest BCUT2D eigenvalue weighted by atomic mass is 32.2. The minimum absolute atomic E-state index is 0.0859. The molecule has 0 spiro atoms. The predicted octanol–water partition coefficient (Wildman–Crippen LogP) is 1.22. The van der Waals surface area contributed by atoms with Crippen LogP contribution in [-0.2, 0) is 9.84 Å². The molecular weight excluding hydrogens is 274 g/mol. The molecule has 1 aromatic heterocycles. The summed E-state index contributed by atoms with van der Waals surface area (Å²) in [6.45, 7) is 1.81. The van der Waals surface area contributed by atoms with Gasteiger partial charge in [0.25, 0.3) is 5.22 Å². The van der Waals surface area contributed by atoms with Gasteiger partial charge in [0.15, 0.2) is 9.84 Å². The Morgan fingerprint density at radius 3 is 3.00 bits per heavy atom. The van der Waals surface area contributed by atoms with Crippen LogP contribution in [0.15, 0.2) is 9.64 Å². The van der Waals surface area contributed by atoms with Crippen LogP contribution in [0.1, 0.15) is 25.2 Å². The zero-order valence-corrected chi connectivity index (χ0v) is 11.5. The summed E-state index contributed by atoms with van der Waals surface area (Å²) < 4.78 is 28.1. The third-order valence-corrected chi connectivity index (χ3v) is 5.53. The number of hydrogen-bond acceptors (Lipinski definition) is 7. The lowest BCUT2D eigenvalue weighted by molar-refractivity contribution is 0.393. The van der Waals surface area contributed by atoms with Gasteiger partial charge in [-0.25, -0.2) is 8.42 Å². The number of nitriles is 1. The molecule has 18 heavy (non-hydrogen) atoms. The Morgan fingerprint density at radius 2 is 2.39 bits per heavy atom. The van der Waals surface area contributed by atoms with Crippen molar-refractivity contribution in [2.24, 2.45) is 5.92 Å². The van der Waals surface area contributed by atoms with Crippen molar-refractivity contribution in [2.75, 3.05) is 17.3 Å². The molecule has 1 aliphatic heterocycles. The van der Waals surface area contributed by atoms with E-state index in [1.165, 1.54) is 11.8 Å². The van der Waals surface area contributed by atoms with Gasteiger partial charge in [-0.05, 0) is 13.3 Å². The quantitative estimate of drug-likeness (QED) is 0.768. The fourth-order valence-corrected chi connectivity index (χ4v) is 4.11. The van der Waals surface area contributed by atoms with Gasteiger partial charge in [0.2, 0.25) is 5.89 Å². The number of rotatable bonds is 4. The van der Waals surface area contributed by atoms with Crippen molar-refractivity contribution >= 4 is 21.6 Å². The average molecular weight is 287 g/mol. The summed E-state index contributed by atoms with van der Waals surface area (Å²) in [6, 6.07) is 2.12. The molecule has 8 heteroatoms. The standard InChI is InChI=1S/C10H13N3O3S2/c1-7(4-11)5-17-10-13-12-9(16-10)8-2-3-18(14,15)6-8/h7-8H,2-3,5-6H2,1H3/t7-,8+/m0/s1. The van der Waals surface area contributed by atoms with Gasteiger partial charge >= 0.3 is 0 Å². The molecule has 6 nitrogen and oxygen atoms in total. The van der Waals surface area contributed by atoms with Gasteiger partial charge in [-0.3, -0.25) is 0 Å². The van der Waals surface area contributed by atoms with Crippen molar-refractivity contribution < 1.29 is 12.8 Å². The molecule has 0 saturated carbocycles. The number of aromatic nitrogens is 2. The summed E-state index contributed by atoms with van der Waals surface area (Å²) in [5, 5.41) is 16.8. The normalized spacial score (nSPS) is 23.7. The Morgan fingerprint density at radius 1 is 1.61 bits per heavy atom. The van der Waals surface area contributed by atoms with E-state index in [1.807, 2.05) is 6.92 Å². The lowest BCUT2D eigenvalue weighted by Crippen LogP contribution is -2.03. The Labute approximate surface area is 110 Å². The van der Waals surface area contributed by atoms with Crippen molar-refractivity contribution in [2.45, 2.75) is 24.5 Å². The molecular formula is C10H13N3O3S2. The Balaban J connectivity index is 1.97. The molecule has 2 rings (SSSR count). The van der Waals surface area contributed by atoms with Crippen LogP contribution in [0.3, 0.4) is 0 Å². The van der Waals surface area contributed by atoms with Crippen LogP contribution in [-0.4, -0.2) is 35.9 Å². The van der Waals surface area contributed by atoms with E-state index in [4.69, 9.17) is 9.68 Å². The van der Waals surface area contributed by atoms with E-state index in [9.17, 15) is 8.42 Å². The van der Waals surface area contributed by atoms with Gasteiger partial charge in [-0.15, -0.1) is 10.2 Å². The second-order valence-electron chi connectivity index (χ2n) is 4.35. The summed E-state index contributed by atoms with van der Waals surface area (Å²) in [4.78, 5) is 0. The van der Waals surface area contributed by atoms with Crippen LogP contribution >= 0.6 is 11.8 Å². The smallest absolute Gasteiger partial charge is 0.276 e. The molecule has 1 aliphatic rings. The monoisotopic (exact) mass is 287 g/mol. The molecule has 1 saturated heterocycles. The Hall–Kier alpha value is -1.07. The largest absolute Gasteiger partial charge is 0.416 e. The average Bonchev–Trinajstić information content (AvgIpc) is 2.92. The lowest BCUT2D eigenvalue weighted by atomic mass is 10.1. The zero-order chi connectivity index (χ0) is 13.2. The second-order valence-corrected chi connectivity index (χ2v) is 7.55. The maximum absolute atomic E-state index is 11.3. The molecule has 0 bridgehead atoms. The van der Waals surface area contributed by atoms with Gasteiger partial charge in [0.1, 0.15) is 0 Å². The maximum Gasteiger partial charge on any atom is 0.276 e. The summed E-state index contributed by atoms with van der Waals surface area (Å²) in [5.74, 6) is 0.994. The van der Waals surface area contributed by atoms with Crippen LogP contribution in [0.5, 0.6) is 0 Å². The lowest BCUT2D eigenvalue weighted by Gasteiger charge is -1.99. The first-order valence-corrected chi connectivity index (χ1v) is 8.37. The molecule has 1 aromatic rings. The highest BCUT2D eigenvalue weighted by molar-refractivity contribution is 7.99. The topological polar surface area (TPSA) is 96.9 Å². The van der Waals surface area contributed by atoms with E-state index in [0.29, 0.717) is 23.3 Å². The molecule has 0 N–H and O–H groups in total. The van der Waals surface area contributed by atoms with Crippen LogP contribution < -0.4 is 0 Å². The maximum atomic E-state index is 11.3. The SMILES string of the molecule is C[C@@H](C#N)CSc1nnc([C@@H]2CCS(=O)(=O)C2)o1. The minimum atomic E-state index is -2.94. The van der Waals surface area contributed by atoms with Crippen molar-refractivity contribution in [1.29, 1.82) is 5.26 Å². The second kappa shape index (κ2) is 5.28. The van der Waals surface area contributed by atoms with Crippen LogP contribution in [0, 0.1) is 17.2 Å². The van der Waals surface area contributed by atoms with E-state index >= 15 is 0 Å². The van der Waals surface area contributed by atoms with Gasteiger partial charge in [0, 0.05) is 5.75 Å². The summed E-state index contributed by atoms with van der Waals surface area (Å²) in [6.07, 6.45) is 0.545. The van der Waals surface area contributed by atoms with Crippen molar-refractivity contribution in [3.05, 3.63) is 5.89 Å². The number of nitrogens with zero attached hydrogens (tertiary/aromatic N) is 3. The van der Waals surface area contributed by atoms with Crippen molar-refractivity contribution in [3.63, 3.8) is 0 Å².